The molecular formula is C49H81NO14. The summed E-state index contributed by atoms with van der Waals surface area (Å²) in [5, 5.41) is 2.75. The Kier molecular flexibility index (Phi) is 36.2. The molecular weight excluding hydrogens is 827 g/mol. The molecule has 366 valence electrons. The third kappa shape index (κ3) is 29.0. The maximum Gasteiger partial charge on any atom is 0.407 e. The van der Waals surface area contributed by atoms with Gasteiger partial charge in [-0.1, -0.05) is 100 Å². The fraction of sp³-hybridized carbons (Fsp3) is 0.735. The molecule has 0 heterocycles. The predicted octanol–water partition coefficient (Wildman–Crippen LogP) is 6.87. The second-order valence-electron chi connectivity index (χ2n) is 15.1. The summed E-state index contributed by atoms with van der Waals surface area (Å²) in [6, 6.07) is 16.5. The molecule has 0 saturated heterocycles. The summed E-state index contributed by atoms with van der Waals surface area (Å²) in [5.74, 6) is 0.0355. The van der Waals surface area contributed by atoms with Gasteiger partial charge in [-0.25, -0.2) is 4.79 Å². The fourth-order valence-corrected chi connectivity index (χ4v) is 6.73. The Labute approximate surface area is 383 Å². The van der Waals surface area contributed by atoms with Crippen molar-refractivity contribution in [1.82, 2.24) is 5.32 Å². The number of benzene rings is 2. The Morgan fingerprint density at radius 3 is 1.05 bits per heavy atom. The molecule has 3 rings (SSSR count). The summed E-state index contributed by atoms with van der Waals surface area (Å²) in [6.45, 7) is 15.3. The number of rotatable bonds is 47. The van der Waals surface area contributed by atoms with E-state index < -0.39 is 6.09 Å². The van der Waals surface area contributed by atoms with Crippen LogP contribution in [0.5, 0.6) is 0 Å². The minimum atomic E-state index is -0.452. The molecule has 2 aromatic rings. The van der Waals surface area contributed by atoms with E-state index in [-0.39, 0.29) is 12.5 Å². The monoisotopic (exact) mass is 908 g/mol. The van der Waals surface area contributed by atoms with Gasteiger partial charge in [-0.2, -0.15) is 0 Å². The van der Waals surface area contributed by atoms with Crippen molar-refractivity contribution in [1.29, 1.82) is 0 Å². The van der Waals surface area contributed by atoms with Gasteiger partial charge in [0, 0.05) is 19.1 Å². The van der Waals surface area contributed by atoms with Crippen LogP contribution < -0.4 is 5.32 Å². The number of carbonyl (C=O) groups is 1. The zero-order valence-electron chi connectivity index (χ0n) is 39.0. The van der Waals surface area contributed by atoms with E-state index in [1.807, 2.05) is 24.3 Å². The quantitative estimate of drug-likeness (QED) is 0.0689. The molecule has 64 heavy (non-hydrogen) atoms. The topological polar surface area (TPSA) is 149 Å². The third-order valence-corrected chi connectivity index (χ3v) is 10.1. The predicted molar refractivity (Wildman–Crippen MR) is 246 cm³/mol. The van der Waals surface area contributed by atoms with E-state index in [1.165, 1.54) is 67.2 Å². The number of hydrogen-bond acceptors (Lipinski definition) is 14. The summed E-state index contributed by atoms with van der Waals surface area (Å²) < 4.78 is 72.0. The van der Waals surface area contributed by atoms with Crippen LogP contribution in [0, 0.1) is 0 Å². The molecule has 0 bridgehead atoms. The Hall–Kier alpha value is -2.77. The van der Waals surface area contributed by atoms with Gasteiger partial charge in [-0.05, 0) is 28.7 Å². The number of hydrogen-bond donors (Lipinski definition) is 1. The fourth-order valence-electron chi connectivity index (χ4n) is 6.73. The minimum absolute atomic E-state index is 0.0355. The molecule has 0 fully saturated rings. The van der Waals surface area contributed by atoms with Crippen molar-refractivity contribution < 1.29 is 66.4 Å². The van der Waals surface area contributed by atoms with Gasteiger partial charge in [0.2, 0.25) is 0 Å². The van der Waals surface area contributed by atoms with Crippen molar-refractivity contribution in [2.24, 2.45) is 0 Å². The summed E-state index contributed by atoms with van der Waals surface area (Å²) in [4.78, 5) is 12.3. The zero-order chi connectivity index (χ0) is 45.1. The maximum absolute atomic E-state index is 12.3. The van der Waals surface area contributed by atoms with Crippen molar-refractivity contribution in [3.05, 3.63) is 59.7 Å². The zero-order valence-corrected chi connectivity index (χ0v) is 39.0. The SMILES string of the molecule is CCCCCCCCCCOCCOCCOCCOCCOCCOCCOCCOCCOCCOCCOCCOCCNC(=O)OCC1c2ccccc2-c2ccccc21. The number of amides is 1. The Morgan fingerprint density at radius 2 is 0.688 bits per heavy atom. The number of fused-ring (bicyclic) bond motifs is 3. The molecule has 2 aromatic carbocycles. The minimum Gasteiger partial charge on any atom is -0.449 e. The van der Waals surface area contributed by atoms with Crippen LogP contribution in [0.3, 0.4) is 0 Å². The van der Waals surface area contributed by atoms with Crippen LogP contribution in [-0.4, -0.2) is 178 Å². The highest BCUT2D eigenvalue weighted by molar-refractivity contribution is 5.79. The highest BCUT2D eigenvalue weighted by atomic mass is 16.6. The highest BCUT2D eigenvalue weighted by Gasteiger charge is 2.29. The van der Waals surface area contributed by atoms with E-state index in [0.717, 1.165) is 13.0 Å². The lowest BCUT2D eigenvalue weighted by molar-refractivity contribution is -0.0283. The van der Waals surface area contributed by atoms with Crippen LogP contribution in [0.15, 0.2) is 48.5 Å². The van der Waals surface area contributed by atoms with Gasteiger partial charge in [-0.15, -0.1) is 0 Å². The number of alkyl carbamates (subject to hydrolysis) is 1. The van der Waals surface area contributed by atoms with Crippen molar-refractivity contribution in [3.8, 4) is 11.1 Å². The van der Waals surface area contributed by atoms with Crippen LogP contribution in [-0.2, 0) is 61.6 Å². The molecule has 15 heteroatoms. The molecule has 0 aromatic heterocycles. The molecule has 0 aliphatic heterocycles. The van der Waals surface area contributed by atoms with E-state index in [0.29, 0.717) is 159 Å². The van der Waals surface area contributed by atoms with E-state index in [4.69, 9.17) is 61.6 Å². The summed E-state index contributed by atoms with van der Waals surface area (Å²) >= 11 is 0. The third-order valence-electron chi connectivity index (χ3n) is 10.1. The van der Waals surface area contributed by atoms with Gasteiger partial charge in [0.15, 0.2) is 0 Å². The first kappa shape index (κ1) is 55.6. The van der Waals surface area contributed by atoms with Crippen LogP contribution in [0.4, 0.5) is 4.79 Å². The normalized spacial score (nSPS) is 12.2. The first-order valence-corrected chi connectivity index (χ1v) is 23.8. The summed E-state index contributed by atoms with van der Waals surface area (Å²) in [7, 11) is 0. The van der Waals surface area contributed by atoms with E-state index in [9.17, 15) is 4.79 Å². The largest absolute Gasteiger partial charge is 0.449 e. The molecule has 0 radical (unpaired) electrons. The first-order chi connectivity index (χ1) is 31.8. The number of ether oxygens (including phenoxy) is 13. The van der Waals surface area contributed by atoms with Crippen molar-refractivity contribution >= 4 is 6.09 Å². The molecule has 0 saturated carbocycles. The summed E-state index contributed by atoms with van der Waals surface area (Å²) in [6.07, 6.45) is 10.0. The van der Waals surface area contributed by atoms with Gasteiger partial charge < -0.3 is 66.9 Å². The van der Waals surface area contributed by atoms with Crippen LogP contribution >= 0.6 is 0 Å². The van der Waals surface area contributed by atoms with E-state index >= 15 is 0 Å². The maximum atomic E-state index is 12.3. The number of carbonyl (C=O) groups excluding carboxylic acids is 1. The van der Waals surface area contributed by atoms with E-state index in [1.54, 1.807) is 0 Å². The van der Waals surface area contributed by atoms with Crippen molar-refractivity contribution in [3.63, 3.8) is 0 Å². The van der Waals surface area contributed by atoms with Gasteiger partial charge in [0.05, 0.1) is 152 Å². The lowest BCUT2D eigenvalue weighted by Gasteiger charge is -2.14. The number of unbranched alkanes of at least 4 members (excludes halogenated alkanes) is 7. The van der Waals surface area contributed by atoms with Crippen molar-refractivity contribution in [2.45, 2.75) is 64.2 Å². The van der Waals surface area contributed by atoms with Gasteiger partial charge >= 0.3 is 6.09 Å². The molecule has 1 amide bonds. The van der Waals surface area contributed by atoms with Crippen LogP contribution in [0.25, 0.3) is 11.1 Å². The second-order valence-corrected chi connectivity index (χ2v) is 15.1. The molecule has 1 N–H and O–H groups in total. The lowest BCUT2D eigenvalue weighted by Crippen LogP contribution is -2.29. The Balaban J connectivity index is 0.904. The summed E-state index contributed by atoms with van der Waals surface area (Å²) in [5.41, 5.74) is 4.77. The van der Waals surface area contributed by atoms with Gasteiger partial charge in [-0.3, -0.25) is 0 Å². The highest BCUT2D eigenvalue weighted by Crippen LogP contribution is 2.44. The molecule has 0 spiro atoms. The molecule has 0 atom stereocenters. The van der Waals surface area contributed by atoms with Crippen molar-refractivity contribution in [2.75, 3.05) is 172 Å². The Bertz CT molecular complexity index is 1310. The lowest BCUT2D eigenvalue weighted by atomic mass is 9.98. The van der Waals surface area contributed by atoms with Crippen LogP contribution in [0.2, 0.25) is 0 Å². The smallest absolute Gasteiger partial charge is 0.407 e. The average molecular weight is 908 g/mol. The first-order valence-electron chi connectivity index (χ1n) is 23.8. The molecule has 1 aliphatic carbocycles. The van der Waals surface area contributed by atoms with Gasteiger partial charge in [0.25, 0.3) is 0 Å². The molecule has 0 unspecified atom stereocenters. The number of nitrogens with one attached hydrogen (secondary N) is 1. The Morgan fingerprint density at radius 1 is 0.391 bits per heavy atom. The molecule has 15 nitrogen and oxygen atoms in total. The van der Waals surface area contributed by atoms with E-state index in [2.05, 4.69) is 36.5 Å². The standard InChI is InChI=1S/C49H81NO14/c1-2-3-4-5-6-7-8-13-19-52-21-23-54-25-27-56-29-31-58-33-35-60-37-39-62-41-42-63-40-38-61-36-34-59-32-30-57-28-26-55-24-22-53-20-18-50-49(51)64-43-48-46-16-11-9-14-44(46)45-15-10-12-17-47(45)48/h9-12,14-17,48H,2-8,13,18-43H2,1H3,(H,50,51). The molecule has 1 aliphatic rings. The second kappa shape index (κ2) is 41.6. The average Bonchev–Trinajstić information content (AvgIpc) is 3.64. The van der Waals surface area contributed by atoms with Gasteiger partial charge in [0.1, 0.15) is 6.61 Å². The van der Waals surface area contributed by atoms with Crippen LogP contribution in [0.1, 0.15) is 75.3 Å².